The van der Waals surface area contributed by atoms with Crippen molar-refractivity contribution in [1.82, 2.24) is 25.0 Å². The minimum atomic E-state index is -1.15. The lowest BCUT2D eigenvalue weighted by Crippen LogP contribution is -2.49. The van der Waals surface area contributed by atoms with Gasteiger partial charge >= 0.3 is 5.97 Å². The summed E-state index contributed by atoms with van der Waals surface area (Å²) in [5.41, 5.74) is 6.47. The van der Waals surface area contributed by atoms with Gasteiger partial charge in [-0.15, -0.1) is 0 Å². The number of anilines is 2. The molecule has 0 saturated carbocycles. The smallest absolute Gasteiger partial charge is 0.328 e. The van der Waals surface area contributed by atoms with Crippen LogP contribution in [0, 0.1) is 18.3 Å². The Labute approximate surface area is 250 Å². The van der Waals surface area contributed by atoms with E-state index in [1.807, 2.05) is 12.3 Å². The fourth-order valence-electron chi connectivity index (χ4n) is 6.57. The van der Waals surface area contributed by atoms with Gasteiger partial charge in [-0.25, -0.2) is 9.78 Å². The van der Waals surface area contributed by atoms with Gasteiger partial charge in [-0.1, -0.05) is 6.07 Å². The first-order valence-electron chi connectivity index (χ1n) is 14.8. The standard InChI is InChI=1S/C31H36N8O4/c1-20-5-6-25-24(17-33-35-25)29(20)39-11-9-22-26(18-39)34-31(43-19-21-4-3-10-36(21)2)23(16-32)30(22)38-14-12-37(13-15-38)27(40)7-8-28(41)42/h5-8,17,21H,3-4,9-15,18-19H2,1-2H3,(H,33,35)(H,41,42)/b8-7+/t21-/m0/s1. The molecule has 43 heavy (non-hydrogen) atoms. The van der Waals surface area contributed by atoms with Crippen molar-refractivity contribution in [3.8, 4) is 11.9 Å². The van der Waals surface area contributed by atoms with E-state index in [4.69, 9.17) is 14.8 Å². The number of pyridine rings is 1. The number of aromatic amines is 1. The molecule has 0 bridgehead atoms. The van der Waals surface area contributed by atoms with Gasteiger partial charge in [0.15, 0.2) is 0 Å². The zero-order chi connectivity index (χ0) is 30.1. The lowest BCUT2D eigenvalue weighted by Gasteiger charge is -2.39. The van der Waals surface area contributed by atoms with Crippen molar-refractivity contribution in [2.24, 2.45) is 0 Å². The van der Waals surface area contributed by atoms with Crippen LogP contribution in [0.3, 0.4) is 0 Å². The van der Waals surface area contributed by atoms with Crippen LogP contribution in [0.1, 0.15) is 35.2 Å². The monoisotopic (exact) mass is 584 g/mol. The summed E-state index contributed by atoms with van der Waals surface area (Å²) >= 11 is 0. The Hall–Kier alpha value is -4.63. The Kier molecular flexibility index (Phi) is 7.90. The number of rotatable bonds is 7. The average molecular weight is 585 g/mol. The molecule has 2 fully saturated rings. The van der Waals surface area contributed by atoms with Gasteiger partial charge in [-0.3, -0.25) is 9.89 Å². The van der Waals surface area contributed by atoms with Gasteiger partial charge < -0.3 is 29.4 Å². The molecule has 2 saturated heterocycles. The molecule has 6 rings (SSSR count). The van der Waals surface area contributed by atoms with Crippen LogP contribution in [0.4, 0.5) is 11.4 Å². The molecule has 12 heteroatoms. The van der Waals surface area contributed by atoms with E-state index in [1.54, 1.807) is 4.90 Å². The summed E-state index contributed by atoms with van der Waals surface area (Å²) in [6.07, 6.45) is 6.69. The van der Waals surface area contributed by atoms with Crippen molar-refractivity contribution >= 4 is 34.2 Å². The van der Waals surface area contributed by atoms with Crippen molar-refractivity contribution in [2.75, 3.05) is 62.7 Å². The van der Waals surface area contributed by atoms with Gasteiger partial charge in [-0.05, 0) is 51.4 Å². The second-order valence-corrected chi connectivity index (χ2v) is 11.5. The third-order valence-electron chi connectivity index (χ3n) is 8.88. The highest BCUT2D eigenvalue weighted by atomic mass is 16.5. The predicted molar refractivity (Wildman–Crippen MR) is 161 cm³/mol. The van der Waals surface area contributed by atoms with E-state index in [9.17, 15) is 14.9 Å². The largest absolute Gasteiger partial charge is 0.478 e. The van der Waals surface area contributed by atoms with Crippen molar-refractivity contribution < 1.29 is 19.4 Å². The van der Waals surface area contributed by atoms with Crippen molar-refractivity contribution in [3.05, 3.63) is 52.9 Å². The first kappa shape index (κ1) is 28.5. The number of aryl methyl sites for hydroxylation is 1. The fourth-order valence-corrected chi connectivity index (χ4v) is 6.57. The number of H-pyrrole nitrogens is 1. The number of carbonyl (C=O) groups excluding carboxylic acids is 1. The number of fused-ring (bicyclic) bond motifs is 2. The predicted octanol–water partition coefficient (Wildman–Crippen LogP) is 2.46. The molecule has 12 nitrogen and oxygen atoms in total. The Bertz CT molecular complexity index is 1620. The summed E-state index contributed by atoms with van der Waals surface area (Å²) in [7, 11) is 2.10. The van der Waals surface area contributed by atoms with Crippen LogP contribution in [-0.4, -0.2) is 101 Å². The number of nitriles is 1. The molecule has 2 aromatic heterocycles. The molecule has 0 radical (unpaired) electrons. The molecule has 0 spiro atoms. The summed E-state index contributed by atoms with van der Waals surface area (Å²) in [6, 6.07) is 6.83. The third kappa shape index (κ3) is 5.60. The highest BCUT2D eigenvalue weighted by molar-refractivity contribution is 5.94. The number of carboxylic acids is 1. The first-order chi connectivity index (χ1) is 20.8. The second-order valence-electron chi connectivity index (χ2n) is 11.5. The number of hydrogen-bond acceptors (Lipinski definition) is 9. The van der Waals surface area contributed by atoms with Crippen LogP contribution in [0.5, 0.6) is 5.88 Å². The topological polar surface area (TPSA) is 142 Å². The third-order valence-corrected chi connectivity index (χ3v) is 8.88. The summed E-state index contributed by atoms with van der Waals surface area (Å²) in [5.74, 6) is -1.12. The highest BCUT2D eigenvalue weighted by Crippen LogP contribution is 2.39. The molecule has 224 valence electrons. The Morgan fingerprint density at radius 2 is 1.95 bits per heavy atom. The number of aliphatic carboxylic acids is 1. The minimum absolute atomic E-state index is 0.277. The van der Waals surface area contributed by atoms with Gasteiger partial charge in [0.1, 0.15) is 18.2 Å². The van der Waals surface area contributed by atoms with Gasteiger partial charge in [0.25, 0.3) is 0 Å². The van der Waals surface area contributed by atoms with E-state index >= 15 is 0 Å². The number of piperazine rings is 1. The van der Waals surface area contributed by atoms with E-state index < -0.39 is 5.97 Å². The van der Waals surface area contributed by atoms with Crippen LogP contribution in [0.15, 0.2) is 30.5 Å². The lowest BCUT2D eigenvalue weighted by molar-refractivity contribution is -0.132. The van der Waals surface area contributed by atoms with Crippen LogP contribution in [0.25, 0.3) is 10.9 Å². The number of ether oxygens (including phenoxy) is 1. The van der Waals surface area contributed by atoms with Crippen LogP contribution in [0.2, 0.25) is 0 Å². The average Bonchev–Trinajstić information content (AvgIpc) is 3.66. The molecular formula is C31H36N8O4. The molecule has 1 amide bonds. The number of likely N-dealkylation sites (tertiary alicyclic amines) is 1. The molecule has 5 heterocycles. The number of nitrogens with one attached hydrogen (secondary N) is 1. The number of amides is 1. The van der Waals surface area contributed by atoms with Crippen molar-refractivity contribution in [1.29, 1.82) is 5.26 Å². The molecule has 3 aliphatic heterocycles. The van der Waals surface area contributed by atoms with E-state index in [-0.39, 0.29) is 11.9 Å². The molecular weight excluding hydrogens is 548 g/mol. The molecule has 3 aliphatic rings. The molecule has 1 atom stereocenters. The summed E-state index contributed by atoms with van der Waals surface area (Å²) in [6.45, 7) is 6.78. The number of carbonyl (C=O) groups is 2. The summed E-state index contributed by atoms with van der Waals surface area (Å²) in [4.78, 5) is 36.8. The number of hydrogen-bond donors (Lipinski definition) is 2. The lowest BCUT2D eigenvalue weighted by atomic mass is 9.97. The van der Waals surface area contributed by atoms with E-state index in [1.165, 1.54) is 0 Å². The van der Waals surface area contributed by atoms with Gasteiger partial charge in [0.2, 0.25) is 11.8 Å². The molecule has 0 aliphatic carbocycles. The summed E-state index contributed by atoms with van der Waals surface area (Å²) in [5, 5.41) is 27.7. The van der Waals surface area contributed by atoms with E-state index in [2.05, 4.69) is 51.0 Å². The SMILES string of the molecule is Cc1ccc2[nH]ncc2c1N1CCc2c(nc(OC[C@@H]3CCCN3C)c(C#N)c2N2CCN(C(=O)/C=C/C(=O)O)CC2)C1. The van der Waals surface area contributed by atoms with Gasteiger partial charge in [-0.2, -0.15) is 10.4 Å². The number of carboxylic acid groups (broad SMARTS) is 1. The van der Waals surface area contributed by atoms with Crippen LogP contribution < -0.4 is 14.5 Å². The van der Waals surface area contributed by atoms with Gasteiger partial charge in [0.05, 0.1) is 35.3 Å². The maximum absolute atomic E-state index is 12.5. The normalized spacial score (nSPS) is 19.2. The molecule has 2 N–H and O–H groups in total. The number of aromatic nitrogens is 3. The zero-order valence-corrected chi connectivity index (χ0v) is 24.5. The summed E-state index contributed by atoms with van der Waals surface area (Å²) < 4.78 is 6.35. The molecule has 0 unspecified atom stereocenters. The maximum atomic E-state index is 12.5. The molecule has 3 aromatic rings. The minimum Gasteiger partial charge on any atom is -0.478 e. The van der Waals surface area contributed by atoms with Crippen molar-refractivity contribution in [2.45, 2.75) is 38.8 Å². The quantitative estimate of drug-likeness (QED) is 0.398. The first-order valence-corrected chi connectivity index (χ1v) is 14.8. The van der Waals surface area contributed by atoms with E-state index in [0.29, 0.717) is 57.2 Å². The van der Waals surface area contributed by atoms with Crippen LogP contribution >= 0.6 is 0 Å². The number of likely N-dealkylation sites (N-methyl/N-ethyl adjacent to an activating group) is 1. The maximum Gasteiger partial charge on any atom is 0.328 e. The number of nitrogens with zero attached hydrogens (tertiary/aromatic N) is 7. The molecule has 1 aromatic carbocycles. The number of benzene rings is 1. The Balaban J connectivity index is 1.33. The zero-order valence-electron chi connectivity index (χ0n) is 24.5. The van der Waals surface area contributed by atoms with Crippen molar-refractivity contribution in [3.63, 3.8) is 0 Å². The van der Waals surface area contributed by atoms with Crippen LogP contribution in [-0.2, 0) is 22.6 Å². The highest BCUT2D eigenvalue weighted by Gasteiger charge is 2.32. The van der Waals surface area contributed by atoms with Gasteiger partial charge in [0, 0.05) is 61.9 Å². The second kappa shape index (κ2) is 11.9. The Morgan fingerprint density at radius 3 is 2.67 bits per heavy atom. The fraction of sp³-hybridized carbons (Fsp3) is 0.452. The Morgan fingerprint density at radius 1 is 1.14 bits per heavy atom. The van der Waals surface area contributed by atoms with E-state index in [0.717, 1.165) is 77.2 Å².